The van der Waals surface area contributed by atoms with Crippen molar-refractivity contribution in [2.75, 3.05) is 0 Å². The molecule has 2 rings (SSSR count). The van der Waals surface area contributed by atoms with Crippen molar-refractivity contribution in [3.63, 3.8) is 0 Å². The van der Waals surface area contributed by atoms with E-state index < -0.39 is 11.7 Å². The fraction of sp³-hybridized carbons (Fsp3) is 0. The molecule has 14 heavy (non-hydrogen) atoms. The normalized spacial score (nSPS) is 15.0. The largest absolute Gasteiger partial charge is 0.204 e. The third kappa shape index (κ3) is 1.51. The molecule has 0 fully saturated rings. The minimum Gasteiger partial charge on any atom is -0.204 e. The van der Waals surface area contributed by atoms with E-state index in [2.05, 4.69) is 0 Å². The molecule has 0 nitrogen and oxygen atoms in total. The van der Waals surface area contributed by atoms with Gasteiger partial charge in [-0.1, -0.05) is 42.5 Å². The average Bonchev–Trinajstić information content (AvgIpc) is 2.22. The molecule has 0 unspecified atom stereocenters. The molecule has 0 amide bonds. The van der Waals surface area contributed by atoms with Crippen LogP contribution in [-0.2, 0) is 0 Å². The van der Waals surface area contributed by atoms with E-state index in [1.807, 2.05) is 0 Å². The first kappa shape index (κ1) is 8.88. The van der Waals surface area contributed by atoms with Crippen LogP contribution in [0.2, 0.25) is 0 Å². The van der Waals surface area contributed by atoms with Crippen LogP contribution >= 0.6 is 0 Å². The molecule has 0 bridgehead atoms. The predicted molar refractivity (Wildman–Crippen MR) is 53.0 cm³/mol. The van der Waals surface area contributed by atoms with Crippen molar-refractivity contribution < 1.29 is 8.78 Å². The summed E-state index contributed by atoms with van der Waals surface area (Å²) in [4.78, 5) is 0. The minimum atomic E-state index is -0.832. The van der Waals surface area contributed by atoms with Gasteiger partial charge in [0.05, 0.1) is 0 Å². The van der Waals surface area contributed by atoms with Crippen molar-refractivity contribution in [1.29, 1.82) is 0 Å². The summed E-state index contributed by atoms with van der Waals surface area (Å²) in [6.45, 7) is 0. The monoisotopic (exact) mass is 190 g/mol. The van der Waals surface area contributed by atoms with Crippen molar-refractivity contribution in [1.82, 2.24) is 0 Å². The Morgan fingerprint density at radius 3 is 2.43 bits per heavy atom. The maximum atomic E-state index is 13.4. The van der Waals surface area contributed by atoms with Crippen molar-refractivity contribution in [2.24, 2.45) is 0 Å². The number of fused-ring (bicyclic) bond motifs is 1. The standard InChI is InChI=1S/C12H8F2/c13-11-8-4-2-6-9-5-1-3-7-10(9)12(11)14/h1-8H. The van der Waals surface area contributed by atoms with Crippen molar-refractivity contribution in [3.05, 3.63) is 58.8 Å². The summed E-state index contributed by atoms with van der Waals surface area (Å²) in [5.41, 5.74) is 0. The van der Waals surface area contributed by atoms with Gasteiger partial charge >= 0.3 is 0 Å². The molecule has 0 aliphatic heterocycles. The van der Waals surface area contributed by atoms with Crippen molar-refractivity contribution in [2.45, 2.75) is 0 Å². The zero-order valence-corrected chi connectivity index (χ0v) is 7.37. The molecule has 0 aromatic heterocycles. The number of halogens is 2. The van der Waals surface area contributed by atoms with E-state index in [0.717, 1.165) is 6.08 Å². The van der Waals surface area contributed by atoms with Gasteiger partial charge in [-0.05, 0) is 11.3 Å². The third-order valence-electron chi connectivity index (χ3n) is 2.04. The number of allylic oxidation sites excluding steroid dienone is 4. The second kappa shape index (κ2) is 3.58. The molecule has 70 valence electrons. The molecular weight excluding hydrogens is 182 g/mol. The van der Waals surface area contributed by atoms with Gasteiger partial charge in [-0.15, -0.1) is 0 Å². The van der Waals surface area contributed by atoms with Crippen LogP contribution in [-0.4, -0.2) is 0 Å². The number of benzene rings is 1. The molecule has 0 radical (unpaired) electrons. The molecule has 0 saturated heterocycles. The molecule has 1 aromatic carbocycles. The maximum Gasteiger partial charge on any atom is 0.166 e. The Labute approximate surface area is 80.2 Å². The minimum absolute atomic E-state index is 0.297. The van der Waals surface area contributed by atoms with Crippen LogP contribution in [0.1, 0.15) is 0 Å². The Balaban J connectivity index is 2.91. The molecule has 0 saturated carbocycles. The molecule has 0 N–H and O–H groups in total. The average molecular weight is 190 g/mol. The van der Waals surface area contributed by atoms with Gasteiger partial charge in [0.2, 0.25) is 0 Å². The van der Waals surface area contributed by atoms with Gasteiger partial charge in [-0.2, -0.15) is 0 Å². The van der Waals surface area contributed by atoms with Gasteiger partial charge in [-0.3, -0.25) is 0 Å². The lowest BCUT2D eigenvalue weighted by atomic mass is 10.1. The van der Waals surface area contributed by atoms with Gasteiger partial charge < -0.3 is 0 Å². The number of hydrogen-bond donors (Lipinski definition) is 0. The Bertz CT molecular complexity index is 521. The van der Waals surface area contributed by atoms with Crippen LogP contribution in [0.25, 0.3) is 11.9 Å². The summed E-state index contributed by atoms with van der Waals surface area (Å²) in [6.07, 6.45) is 6.02. The van der Waals surface area contributed by atoms with Crippen LogP contribution in [0.15, 0.2) is 48.3 Å². The lowest BCUT2D eigenvalue weighted by Crippen LogP contribution is -2.25. The highest BCUT2D eigenvalue weighted by Gasteiger charge is 2.04. The summed E-state index contributed by atoms with van der Waals surface area (Å²) < 4.78 is 26.5. The molecule has 1 aromatic rings. The lowest BCUT2D eigenvalue weighted by Gasteiger charge is -1.96. The first-order chi connectivity index (χ1) is 6.79. The fourth-order valence-corrected chi connectivity index (χ4v) is 1.34. The zero-order valence-electron chi connectivity index (χ0n) is 7.37. The van der Waals surface area contributed by atoms with Gasteiger partial charge in [0.1, 0.15) is 0 Å². The van der Waals surface area contributed by atoms with Gasteiger partial charge in [-0.25, -0.2) is 8.78 Å². The van der Waals surface area contributed by atoms with E-state index in [-0.39, 0.29) is 0 Å². The second-order valence-corrected chi connectivity index (χ2v) is 2.97. The zero-order chi connectivity index (χ0) is 9.97. The van der Waals surface area contributed by atoms with Crippen LogP contribution in [0.4, 0.5) is 8.78 Å². The Kier molecular flexibility index (Phi) is 2.27. The van der Waals surface area contributed by atoms with E-state index in [1.54, 1.807) is 36.4 Å². The lowest BCUT2D eigenvalue weighted by molar-refractivity contribution is 0.610. The van der Waals surface area contributed by atoms with E-state index in [9.17, 15) is 8.78 Å². The van der Waals surface area contributed by atoms with Gasteiger partial charge in [0.25, 0.3) is 0 Å². The summed E-state index contributed by atoms with van der Waals surface area (Å²) >= 11 is 0. The molecule has 0 atom stereocenters. The van der Waals surface area contributed by atoms with Crippen LogP contribution < -0.4 is 10.4 Å². The highest BCUT2D eigenvalue weighted by molar-refractivity contribution is 5.57. The molecule has 0 heterocycles. The van der Waals surface area contributed by atoms with E-state index in [1.165, 1.54) is 6.08 Å². The number of hydrogen-bond acceptors (Lipinski definition) is 0. The maximum absolute atomic E-state index is 13.4. The van der Waals surface area contributed by atoms with Crippen LogP contribution in [0.5, 0.6) is 0 Å². The summed E-state index contributed by atoms with van der Waals surface area (Å²) in [7, 11) is 0. The Hall–Kier alpha value is -1.70. The van der Waals surface area contributed by atoms with Crippen LogP contribution in [0.3, 0.4) is 0 Å². The molecule has 1 aliphatic rings. The third-order valence-corrected chi connectivity index (χ3v) is 2.04. The Morgan fingerprint density at radius 2 is 1.57 bits per heavy atom. The molecule has 1 aliphatic carbocycles. The van der Waals surface area contributed by atoms with Crippen LogP contribution in [0, 0.1) is 0 Å². The Morgan fingerprint density at radius 1 is 0.857 bits per heavy atom. The molecule has 0 spiro atoms. The topological polar surface area (TPSA) is 0 Å². The molecular formula is C12H8F2. The predicted octanol–water partition coefficient (Wildman–Crippen LogP) is 1.97. The second-order valence-electron chi connectivity index (χ2n) is 2.97. The summed E-state index contributed by atoms with van der Waals surface area (Å²) in [5.74, 6) is -1.64. The first-order valence-corrected chi connectivity index (χ1v) is 4.28. The van der Waals surface area contributed by atoms with Crippen molar-refractivity contribution >= 4 is 11.9 Å². The smallest absolute Gasteiger partial charge is 0.166 e. The van der Waals surface area contributed by atoms with E-state index in [4.69, 9.17) is 0 Å². The summed E-state index contributed by atoms with van der Waals surface area (Å²) in [5, 5.41) is 0.982. The number of rotatable bonds is 0. The highest BCUT2D eigenvalue weighted by Crippen LogP contribution is 2.12. The fourth-order valence-electron chi connectivity index (χ4n) is 1.34. The van der Waals surface area contributed by atoms with Gasteiger partial charge in [0, 0.05) is 5.22 Å². The van der Waals surface area contributed by atoms with E-state index in [0.29, 0.717) is 10.4 Å². The highest BCUT2D eigenvalue weighted by atomic mass is 19.2. The van der Waals surface area contributed by atoms with Crippen molar-refractivity contribution in [3.8, 4) is 0 Å². The first-order valence-electron chi connectivity index (χ1n) is 4.28. The summed E-state index contributed by atoms with van der Waals surface area (Å²) in [6, 6.07) is 6.79. The van der Waals surface area contributed by atoms with E-state index >= 15 is 0 Å². The van der Waals surface area contributed by atoms with Gasteiger partial charge in [0.15, 0.2) is 11.7 Å². The SMILES string of the molecule is FC1=CC=CC=c2ccccc2=C1F. The quantitative estimate of drug-likeness (QED) is 0.586. The molecule has 2 heteroatoms.